The van der Waals surface area contributed by atoms with Crippen molar-refractivity contribution in [2.45, 2.75) is 0 Å². The van der Waals surface area contributed by atoms with Gasteiger partial charge >= 0.3 is 0 Å². The van der Waals surface area contributed by atoms with Gasteiger partial charge < -0.3 is 0 Å². The number of benzene rings is 1. The molecule has 1 aromatic heterocycles. The summed E-state index contributed by atoms with van der Waals surface area (Å²) in [6, 6.07) is 12.1. The zero-order valence-electron chi connectivity index (χ0n) is 7.85. The molecule has 0 saturated heterocycles. The average molecular weight is 218 g/mol. The molecular weight excluding hydrogens is 210 g/mol. The molecule has 0 amide bonds. The first-order valence-corrected chi connectivity index (χ1v) is 4.86. The van der Waals surface area contributed by atoms with Crippen LogP contribution in [0.15, 0.2) is 48.7 Å². The molecule has 2 aromatic rings. The van der Waals surface area contributed by atoms with Gasteiger partial charge in [-0.15, -0.1) is 0 Å². The first kappa shape index (κ1) is 9.87. The second-order valence-electron chi connectivity index (χ2n) is 3.05. The van der Waals surface area contributed by atoms with Crippen LogP contribution in [0.2, 0.25) is 5.02 Å². The average Bonchev–Trinajstić information content (AvgIpc) is 2.29. The molecule has 0 unspecified atom stereocenters. The number of aromatic nitrogens is 1. The quantitative estimate of drug-likeness (QED) is 0.724. The normalized spacial score (nSPS) is 9.93. The molecule has 0 N–H and O–H groups in total. The fraction of sp³-hybridized carbons (Fsp3) is 0. The van der Waals surface area contributed by atoms with Crippen molar-refractivity contribution in [3.05, 3.63) is 64.9 Å². The number of ketones is 1. The Kier molecular flexibility index (Phi) is 2.79. The van der Waals surface area contributed by atoms with Crippen LogP contribution in [0.3, 0.4) is 0 Å². The Hall–Kier alpha value is -1.67. The lowest BCUT2D eigenvalue weighted by molar-refractivity contribution is 0.103. The fourth-order valence-corrected chi connectivity index (χ4v) is 1.46. The molecule has 3 heteroatoms. The van der Waals surface area contributed by atoms with Crippen LogP contribution in [0, 0.1) is 0 Å². The second kappa shape index (κ2) is 4.24. The highest BCUT2D eigenvalue weighted by Gasteiger charge is 2.09. The van der Waals surface area contributed by atoms with E-state index in [9.17, 15) is 4.79 Å². The number of halogens is 1. The van der Waals surface area contributed by atoms with Crippen LogP contribution < -0.4 is 0 Å². The third-order valence-corrected chi connectivity index (χ3v) is 2.22. The highest BCUT2D eigenvalue weighted by Crippen LogP contribution is 2.13. The summed E-state index contributed by atoms with van der Waals surface area (Å²) in [6.45, 7) is 0. The zero-order chi connectivity index (χ0) is 10.7. The summed E-state index contributed by atoms with van der Waals surface area (Å²) in [5.74, 6) is -0.113. The second-order valence-corrected chi connectivity index (χ2v) is 3.49. The lowest BCUT2D eigenvalue weighted by atomic mass is 10.1. The van der Waals surface area contributed by atoms with E-state index in [2.05, 4.69) is 4.98 Å². The standard InChI is InChI=1S/C12H8ClNO/c13-10-5-3-4-9(8-10)12(15)11-6-1-2-7-14-11/h1-8H. The number of pyridine rings is 1. The lowest BCUT2D eigenvalue weighted by Gasteiger charge is -1.99. The monoisotopic (exact) mass is 217 g/mol. The molecule has 0 saturated carbocycles. The van der Waals surface area contributed by atoms with Gasteiger partial charge in [-0.1, -0.05) is 29.8 Å². The summed E-state index contributed by atoms with van der Waals surface area (Å²) in [5.41, 5.74) is 0.987. The number of carbonyl (C=O) groups excluding carboxylic acids is 1. The van der Waals surface area contributed by atoms with Crippen molar-refractivity contribution in [3.63, 3.8) is 0 Å². The van der Waals surface area contributed by atoms with E-state index in [1.807, 2.05) is 0 Å². The van der Waals surface area contributed by atoms with Gasteiger partial charge in [-0.05, 0) is 24.3 Å². The van der Waals surface area contributed by atoms with Gasteiger partial charge in [-0.2, -0.15) is 0 Å². The third kappa shape index (κ3) is 2.22. The molecule has 2 nitrogen and oxygen atoms in total. The smallest absolute Gasteiger partial charge is 0.211 e. The van der Waals surface area contributed by atoms with E-state index in [1.165, 1.54) is 0 Å². The zero-order valence-corrected chi connectivity index (χ0v) is 8.61. The summed E-state index contributed by atoms with van der Waals surface area (Å²) >= 11 is 5.80. The van der Waals surface area contributed by atoms with Crippen LogP contribution in [-0.2, 0) is 0 Å². The van der Waals surface area contributed by atoms with Crippen LogP contribution >= 0.6 is 11.6 Å². The van der Waals surface area contributed by atoms with Crippen LogP contribution in [0.5, 0.6) is 0 Å². The van der Waals surface area contributed by atoms with Crippen molar-refractivity contribution in [2.75, 3.05) is 0 Å². The minimum atomic E-state index is -0.113. The van der Waals surface area contributed by atoms with Crippen molar-refractivity contribution in [3.8, 4) is 0 Å². The van der Waals surface area contributed by atoms with Crippen LogP contribution in [0.25, 0.3) is 0 Å². The molecule has 0 bridgehead atoms. The molecule has 0 aliphatic heterocycles. The molecule has 0 atom stereocenters. The summed E-state index contributed by atoms with van der Waals surface area (Å²) < 4.78 is 0. The Morgan fingerprint density at radius 1 is 1.13 bits per heavy atom. The predicted octanol–water partition coefficient (Wildman–Crippen LogP) is 2.97. The molecule has 0 radical (unpaired) electrons. The first-order chi connectivity index (χ1) is 7.27. The topological polar surface area (TPSA) is 30.0 Å². The van der Waals surface area contributed by atoms with E-state index < -0.39 is 0 Å². The van der Waals surface area contributed by atoms with Gasteiger partial charge in [0.05, 0.1) is 0 Å². The van der Waals surface area contributed by atoms with Crippen molar-refractivity contribution in [1.82, 2.24) is 4.98 Å². The van der Waals surface area contributed by atoms with Crippen molar-refractivity contribution >= 4 is 17.4 Å². The van der Waals surface area contributed by atoms with E-state index in [0.717, 1.165) is 0 Å². The SMILES string of the molecule is O=C(c1cccc(Cl)c1)c1ccccn1. The van der Waals surface area contributed by atoms with Crippen LogP contribution in [0.1, 0.15) is 16.1 Å². The van der Waals surface area contributed by atoms with Gasteiger partial charge in [0.2, 0.25) is 5.78 Å². The molecule has 15 heavy (non-hydrogen) atoms. The maximum atomic E-state index is 11.9. The molecule has 2 rings (SSSR count). The Morgan fingerprint density at radius 2 is 2.00 bits per heavy atom. The van der Waals surface area contributed by atoms with Crippen molar-refractivity contribution < 1.29 is 4.79 Å². The van der Waals surface area contributed by atoms with E-state index >= 15 is 0 Å². The predicted molar refractivity (Wildman–Crippen MR) is 59.1 cm³/mol. The minimum absolute atomic E-state index is 0.113. The van der Waals surface area contributed by atoms with E-state index in [1.54, 1.807) is 48.7 Å². The van der Waals surface area contributed by atoms with E-state index in [0.29, 0.717) is 16.3 Å². The number of hydrogen-bond acceptors (Lipinski definition) is 2. The summed E-state index contributed by atoms with van der Waals surface area (Å²) in [7, 11) is 0. The van der Waals surface area contributed by atoms with Gasteiger partial charge in [0.15, 0.2) is 0 Å². The molecule has 1 aromatic carbocycles. The highest BCUT2D eigenvalue weighted by atomic mass is 35.5. The molecule has 0 aliphatic rings. The highest BCUT2D eigenvalue weighted by molar-refractivity contribution is 6.31. The van der Waals surface area contributed by atoms with Gasteiger partial charge in [-0.3, -0.25) is 9.78 Å². The van der Waals surface area contributed by atoms with Crippen LogP contribution in [0.4, 0.5) is 0 Å². The largest absolute Gasteiger partial charge is 0.287 e. The maximum absolute atomic E-state index is 11.9. The first-order valence-electron chi connectivity index (χ1n) is 4.48. The maximum Gasteiger partial charge on any atom is 0.211 e. The van der Waals surface area contributed by atoms with Crippen molar-refractivity contribution in [1.29, 1.82) is 0 Å². The van der Waals surface area contributed by atoms with E-state index in [4.69, 9.17) is 11.6 Å². The molecule has 0 fully saturated rings. The number of carbonyl (C=O) groups is 1. The number of nitrogens with zero attached hydrogens (tertiary/aromatic N) is 1. The summed E-state index contributed by atoms with van der Waals surface area (Å²) in [6.07, 6.45) is 1.60. The molecule has 74 valence electrons. The number of hydrogen-bond donors (Lipinski definition) is 0. The molecule has 0 spiro atoms. The third-order valence-electron chi connectivity index (χ3n) is 1.98. The Morgan fingerprint density at radius 3 is 2.67 bits per heavy atom. The van der Waals surface area contributed by atoms with Gasteiger partial charge in [0.25, 0.3) is 0 Å². The molecule has 0 aliphatic carbocycles. The Bertz CT molecular complexity index is 482. The van der Waals surface area contributed by atoms with Crippen LogP contribution in [-0.4, -0.2) is 10.8 Å². The van der Waals surface area contributed by atoms with E-state index in [-0.39, 0.29) is 5.78 Å². The molecule has 1 heterocycles. The summed E-state index contributed by atoms with van der Waals surface area (Å²) in [5, 5.41) is 0.553. The Balaban J connectivity index is 2.37. The minimum Gasteiger partial charge on any atom is -0.287 e. The number of rotatable bonds is 2. The fourth-order valence-electron chi connectivity index (χ4n) is 1.27. The Labute approximate surface area is 92.5 Å². The summed E-state index contributed by atoms with van der Waals surface area (Å²) in [4.78, 5) is 15.9. The lowest BCUT2D eigenvalue weighted by Crippen LogP contribution is -2.02. The molecular formula is C12H8ClNO. The van der Waals surface area contributed by atoms with Gasteiger partial charge in [0.1, 0.15) is 5.69 Å². The van der Waals surface area contributed by atoms with Crippen molar-refractivity contribution in [2.24, 2.45) is 0 Å². The van der Waals surface area contributed by atoms with Gasteiger partial charge in [-0.25, -0.2) is 0 Å². The van der Waals surface area contributed by atoms with Gasteiger partial charge in [0, 0.05) is 16.8 Å².